The number of ether oxygens (including phenoxy) is 1. The smallest absolute Gasteiger partial charge is 0.330 e. The maximum Gasteiger partial charge on any atom is 0.330 e. The number of aromatic nitrogens is 2. The third-order valence-corrected chi connectivity index (χ3v) is 8.63. The minimum Gasteiger partial charge on any atom is -0.394 e. The average molecular weight is 408 g/mol. The van der Waals surface area contributed by atoms with Gasteiger partial charge in [0.25, 0.3) is 5.56 Å². The molecule has 1 unspecified atom stereocenters. The second-order valence-corrected chi connectivity index (χ2v) is 10.7. The van der Waals surface area contributed by atoms with Crippen LogP contribution in [0.2, 0.25) is 0 Å². The fourth-order valence-corrected chi connectivity index (χ4v) is 4.98. The number of nitrogens with zero attached hydrogens (tertiary/aromatic N) is 1. The number of aliphatic hydroxyl groups excluding tert-OH is 1. The van der Waals surface area contributed by atoms with Gasteiger partial charge >= 0.3 is 5.69 Å². The Bertz CT molecular complexity index is 700. The van der Waals surface area contributed by atoms with Gasteiger partial charge in [-0.15, -0.1) is 0 Å². The summed E-state index contributed by atoms with van der Waals surface area (Å²) in [5, 5.41) is 9.05. The highest BCUT2D eigenvalue weighted by Crippen LogP contribution is 2.40. The van der Waals surface area contributed by atoms with Gasteiger partial charge in [0.05, 0.1) is 12.7 Å². The Morgan fingerprint density at radius 1 is 1.55 bits per heavy atom. The number of nitrogens with one attached hydrogen (secondary N) is 1. The molecule has 2 rings (SSSR count). The van der Waals surface area contributed by atoms with Crippen LogP contribution in [-0.2, 0) is 25.4 Å². The Morgan fingerprint density at radius 3 is 2.73 bits per heavy atom. The van der Waals surface area contributed by atoms with Crippen LogP contribution in [0.25, 0.3) is 0 Å². The van der Waals surface area contributed by atoms with Crippen LogP contribution in [0.1, 0.15) is 18.2 Å². The van der Waals surface area contributed by atoms with Crippen LogP contribution < -0.4 is 11.2 Å². The summed E-state index contributed by atoms with van der Waals surface area (Å²) >= 11 is 22.8. The monoisotopic (exact) mass is 406 g/mol. The largest absolute Gasteiger partial charge is 0.394 e. The number of aromatic amines is 1. The number of aryl methyl sites for hydroxylation is 1. The van der Waals surface area contributed by atoms with E-state index in [1.807, 2.05) is 0 Å². The van der Waals surface area contributed by atoms with Gasteiger partial charge in [-0.3, -0.25) is 14.3 Å². The molecule has 1 saturated heterocycles. The van der Waals surface area contributed by atoms with Gasteiger partial charge in [0.2, 0.25) is 3.12 Å². The molecule has 2 N–H and O–H groups in total. The van der Waals surface area contributed by atoms with E-state index in [2.05, 4.69) is 4.98 Å². The van der Waals surface area contributed by atoms with E-state index in [0.29, 0.717) is 12.0 Å². The van der Waals surface area contributed by atoms with Crippen LogP contribution >= 0.6 is 34.8 Å². The second-order valence-electron chi connectivity index (χ2n) is 4.81. The summed E-state index contributed by atoms with van der Waals surface area (Å²) in [6.07, 6.45) is 0.382. The van der Waals surface area contributed by atoms with E-state index in [4.69, 9.17) is 50.7 Å². The van der Waals surface area contributed by atoms with Crippen molar-refractivity contribution in [3.8, 4) is 0 Å². The summed E-state index contributed by atoms with van der Waals surface area (Å²) in [4.78, 5) is 25.5. The summed E-state index contributed by atoms with van der Waals surface area (Å²) in [5.41, 5.74) is -0.694. The number of halogens is 3. The summed E-state index contributed by atoms with van der Waals surface area (Å²) in [6, 6.07) is 0. The van der Waals surface area contributed by atoms with Crippen molar-refractivity contribution in [2.24, 2.45) is 0 Å². The van der Waals surface area contributed by atoms with Crippen molar-refractivity contribution in [1.82, 2.24) is 9.55 Å². The molecule has 0 saturated carbocycles. The predicted octanol–water partition coefficient (Wildman–Crippen LogP) is 0.901. The molecule has 11 heteroatoms. The highest BCUT2D eigenvalue weighted by molar-refractivity contribution is 8.31. The van der Waals surface area contributed by atoms with Crippen molar-refractivity contribution in [1.29, 1.82) is 0 Å². The third kappa shape index (κ3) is 3.75. The number of alkyl halides is 3. The van der Waals surface area contributed by atoms with Crippen LogP contribution in [0, 0.1) is 6.92 Å². The second kappa shape index (κ2) is 6.88. The summed E-state index contributed by atoms with van der Waals surface area (Å²) < 4.78 is 5.26. The normalized spacial score (nSPS) is 27.0. The average Bonchev–Trinajstić information content (AvgIpc) is 2.84. The minimum atomic E-state index is -1.66. The molecule has 0 amide bonds. The number of hydrogen-bond donors (Lipinski definition) is 2. The molecule has 1 fully saturated rings. The maximum atomic E-state index is 11.9. The first-order valence-corrected chi connectivity index (χ1v) is 9.55. The Labute approximate surface area is 147 Å². The molecule has 1 aromatic heterocycles. The number of aliphatic hydroxyl groups is 1. The Balaban J connectivity index is 2.33. The molecule has 6 nitrogen and oxygen atoms in total. The SMILES string of the molecule is Cc1cn([C@H]2C[C@@H](S(=S)C(Cl)(Cl)Cl)[C@@H](CO)O2)c(=O)[nH]c1=O. The van der Waals surface area contributed by atoms with Gasteiger partial charge < -0.3 is 9.84 Å². The third-order valence-electron chi connectivity index (χ3n) is 3.32. The predicted molar refractivity (Wildman–Crippen MR) is 90.5 cm³/mol. The van der Waals surface area contributed by atoms with E-state index < -0.39 is 41.4 Å². The fourth-order valence-electron chi connectivity index (χ4n) is 2.23. The van der Waals surface area contributed by atoms with Gasteiger partial charge in [0, 0.05) is 23.4 Å². The zero-order chi connectivity index (χ0) is 16.7. The van der Waals surface area contributed by atoms with Crippen LogP contribution in [-0.4, -0.2) is 35.7 Å². The molecular weight excluding hydrogens is 395 g/mol. The topological polar surface area (TPSA) is 84.3 Å². The molecule has 1 aliphatic rings. The molecule has 1 aromatic rings. The van der Waals surface area contributed by atoms with Gasteiger partial charge in [-0.2, -0.15) is 0 Å². The van der Waals surface area contributed by atoms with Crippen LogP contribution in [0.15, 0.2) is 15.8 Å². The molecule has 0 spiro atoms. The van der Waals surface area contributed by atoms with Crippen molar-refractivity contribution >= 4 is 55.4 Å². The molecule has 0 aromatic carbocycles. The Morgan fingerprint density at radius 2 is 2.18 bits per heavy atom. The number of hydrogen-bond acceptors (Lipinski definition) is 5. The van der Waals surface area contributed by atoms with E-state index in [0.717, 1.165) is 0 Å². The van der Waals surface area contributed by atoms with Crippen molar-refractivity contribution in [3.05, 3.63) is 32.6 Å². The number of rotatable bonds is 3. The van der Waals surface area contributed by atoms with E-state index >= 15 is 0 Å². The molecular formula is C11H13Cl3N2O4S2. The van der Waals surface area contributed by atoms with Crippen molar-refractivity contribution in [3.63, 3.8) is 0 Å². The lowest BCUT2D eigenvalue weighted by Gasteiger charge is -2.22. The fraction of sp³-hybridized carbons (Fsp3) is 0.636. The van der Waals surface area contributed by atoms with Gasteiger partial charge in [-0.05, 0) is 18.1 Å². The summed E-state index contributed by atoms with van der Waals surface area (Å²) in [7, 11) is -1.10. The van der Waals surface area contributed by atoms with Gasteiger partial charge in [0.15, 0.2) is 0 Å². The molecule has 2 heterocycles. The molecule has 22 heavy (non-hydrogen) atoms. The quantitative estimate of drug-likeness (QED) is 0.727. The molecule has 0 radical (unpaired) electrons. The molecule has 0 aliphatic carbocycles. The minimum absolute atomic E-state index is 0.303. The van der Waals surface area contributed by atoms with Crippen molar-refractivity contribution in [2.75, 3.05) is 6.61 Å². The van der Waals surface area contributed by atoms with E-state index in [-0.39, 0.29) is 6.61 Å². The molecule has 4 atom stereocenters. The van der Waals surface area contributed by atoms with Gasteiger partial charge in [-0.25, -0.2) is 4.79 Å². The first-order chi connectivity index (χ1) is 10.1. The van der Waals surface area contributed by atoms with Gasteiger partial charge in [-0.1, -0.05) is 44.3 Å². The summed E-state index contributed by atoms with van der Waals surface area (Å²) in [5.74, 6) is 0. The Kier molecular flexibility index (Phi) is 5.75. The lowest BCUT2D eigenvalue weighted by molar-refractivity contribution is -0.0239. The molecule has 0 bridgehead atoms. The molecule has 1 aliphatic heterocycles. The lowest BCUT2D eigenvalue weighted by Crippen LogP contribution is -2.34. The highest BCUT2D eigenvalue weighted by atomic mass is 35.6. The van der Waals surface area contributed by atoms with Crippen molar-refractivity contribution in [2.45, 2.75) is 34.1 Å². The van der Waals surface area contributed by atoms with E-state index in [9.17, 15) is 14.7 Å². The maximum absolute atomic E-state index is 11.9. The van der Waals surface area contributed by atoms with Crippen LogP contribution in [0.4, 0.5) is 0 Å². The Hall–Kier alpha value is 0.0400. The standard InChI is InChI=1S/C11H13Cl3N2O4S2/c1-5-3-16(10(19)15-9(5)18)8-2-7(6(4-17)20-8)22(21)11(12,13)14/h3,6-8,17H,2,4H2,1H3,(H,15,18,19)/t6-,7-,8-,22?/m1/s1. The molecule has 124 valence electrons. The van der Waals surface area contributed by atoms with Crippen LogP contribution in [0.3, 0.4) is 0 Å². The van der Waals surface area contributed by atoms with Crippen molar-refractivity contribution < 1.29 is 9.84 Å². The van der Waals surface area contributed by atoms with Crippen LogP contribution in [0.5, 0.6) is 0 Å². The first kappa shape index (κ1) is 18.4. The zero-order valence-corrected chi connectivity index (χ0v) is 15.2. The van der Waals surface area contributed by atoms with E-state index in [1.54, 1.807) is 6.92 Å². The lowest BCUT2D eigenvalue weighted by atomic mass is 10.2. The number of H-pyrrole nitrogens is 1. The summed E-state index contributed by atoms with van der Waals surface area (Å²) in [6.45, 7) is 1.27. The van der Waals surface area contributed by atoms with Gasteiger partial charge in [0.1, 0.15) is 6.23 Å². The highest BCUT2D eigenvalue weighted by Gasteiger charge is 2.43. The van der Waals surface area contributed by atoms with E-state index in [1.165, 1.54) is 10.8 Å². The zero-order valence-electron chi connectivity index (χ0n) is 11.3. The first-order valence-electron chi connectivity index (χ1n) is 6.21.